The summed E-state index contributed by atoms with van der Waals surface area (Å²) in [5.41, 5.74) is 1.85. The summed E-state index contributed by atoms with van der Waals surface area (Å²) in [6.45, 7) is -0.225. The molecule has 0 fully saturated rings. The summed E-state index contributed by atoms with van der Waals surface area (Å²) in [6, 6.07) is 14.7. The zero-order valence-electron chi connectivity index (χ0n) is 17.4. The maximum atomic E-state index is 12.4. The highest BCUT2D eigenvalue weighted by Crippen LogP contribution is 2.27. The largest absolute Gasteiger partial charge is 0.573 e. The van der Waals surface area contributed by atoms with Crippen LogP contribution in [-0.2, 0) is 6.54 Å². The SMILES string of the molecule is O=c1ccc(-c2nc(-c3ccc(OC(F)(F)F)cc3)no2)cn1Cc1cccc(C(O)CO)c1. The maximum Gasteiger partial charge on any atom is 0.573 e. The van der Waals surface area contributed by atoms with Gasteiger partial charge in [-0.25, -0.2) is 0 Å². The van der Waals surface area contributed by atoms with Crippen LogP contribution in [0.25, 0.3) is 22.8 Å². The Hall–Kier alpha value is -3.96. The summed E-state index contributed by atoms with van der Waals surface area (Å²) >= 11 is 0. The first-order chi connectivity index (χ1) is 16.2. The fraction of sp³-hybridized carbons (Fsp3) is 0.174. The maximum absolute atomic E-state index is 12.4. The molecule has 0 radical (unpaired) electrons. The summed E-state index contributed by atoms with van der Waals surface area (Å²) in [6.07, 6.45) is -4.27. The van der Waals surface area contributed by atoms with E-state index in [9.17, 15) is 23.1 Å². The predicted molar refractivity (Wildman–Crippen MR) is 114 cm³/mol. The monoisotopic (exact) mass is 473 g/mol. The molecule has 8 nitrogen and oxygen atoms in total. The molecule has 0 aliphatic heterocycles. The van der Waals surface area contributed by atoms with Gasteiger partial charge in [0.05, 0.1) is 18.7 Å². The topological polar surface area (TPSA) is 111 Å². The number of ether oxygens (including phenoxy) is 1. The number of aromatic nitrogens is 3. The fourth-order valence-corrected chi connectivity index (χ4v) is 3.25. The zero-order chi connectivity index (χ0) is 24.3. The molecule has 11 heteroatoms. The molecule has 0 aliphatic rings. The zero-order valence-corrected chi connectivity index (χ0v) is 17.4. The fourth-order valence-electron chi connectivity index (χ4n) is 3.25. The van der Waals surface area contributed by atoms with E-state index in [4.69, 9.17) is 9.63 Å². The van der Waals surface area contributed by atoms with Gasteiger partial charge in [-0.2, -0.15) is 4.98 Å². The van der Waals surface area contributed by atoms with E-state index in [1.165, 1.54) is 35.0 Å². The van der Waals surface area contributed by atoms with Gasteiger partial charge in [0.1, 0.15) is 11.9 Å². The van der Waals surface area contributed by atoms with E-state index < -0.39 is 19.1 Å². The lowest BCUT2D eigenvalue weighted by Crippen LogP contribution is -2.19. The van der Waals surface area contributed by atoms with Gasteiger partial charge in [0.25, 0.3) is 11.4 Å². The lowest BCUT2D eigenvalue weighted by molar-refractivity contribution is -0.274. The molecule has 1 unspecified atom stereocenters. The molecule has 0 amide bonds. The number of benzene rings is 2. The molecule has 0 saturated heterocycles. The lowest BCUT2D eigenvalue weighted by Gasteiger charge is -2.11. The van der Waals surface area contributed by atoms with E-state index in [0.717, 1.165) is 17.7 Å². The normalized spacial score (nSPS) is 12.5. The Morgan fingerprint density at radius 3 is 2.50 bits per heavy atom. The lowest BCUT2D eigenvalue weighted by atomic mass is 10.1. The summed E-state index contributed by atoms with van der Waals surface area (Å²) < 4.78 is 47.5. The van der Waals surface area contributed by atoms with E-state index >= 15 is 0 Å². The number of hydrogen-bond donors (Lipinski definition) is 2. The molecule has 2 N–H and O–H groups in total. The van der Waals surface area contributed by atoms with Crippen molar-refractivity contribution in [1.29, 1.82) is 0 Å². The molecule has 2 aromatic heterocycles. The Labute approximate surface area is 190 Å². The van der Waals surface area contributed by atoms with Gasteiger partial charge in [0.2, 0.25) is 5.82 Å². The van der Waals surface area contributed by atoms with Gasteiger partial charge in [-0.3, -0.25) is 4.79 Å². The van der Waals surface area contributed by atoms with E-state index in [0.29, 0.717) is 16.7 Å². The van der Waals surface area contributed by atoms with Gasteiger partial charge in [-0.15, -0.1) is 13.2 Å². The summed E-state index contributed by atoms with van der Waals surface area (Å²) in [4.78, 5) is 16.6. The third-order valence-electron chi connectivity index (χ3n) is 4.86. The van der Waals surface area contributed by atoms with Crippen LogP contribution in [-0.4, -0.2) is 37.9 Å². The Kier molecular flexibility index (Phi) is 6.48. The Morgan fingerprint density at radius 1 is 1.06 bits per heavy atom. The molecule has 2 aromatic carbocycles. The average Bonchev–Trinajstić information content (AvgIpc) is 3.30. The van der Waals surface area contributed by atoms with Crippen molar-refractivity contribution >= 4 is 0 Å². The van der Waals surface area contributed by atoms with E-state index in [2.05, 4.69) is 14.9 Å². The number of nitrogens with zero attached hydrogens (tertiary/aromatic N) is 3. The second kappa shape index (κ2) is 9.49. The Balaban J connectivity index is 1.55. The number of rotatable bonds is 7. The standard InChI is InChI=1S/C23H18F3N3O5/c24-23(25,26)33-18-7-4-15(5-8-18)21-27-22(34-28-21)17-6-9-20(32)29(12-17)11-14-2-1-3-16(10-14)19(31)13-30/h1-10,12,19,30-31H,11,13H2. The van der Waals surface area contributed by atoms with E-state index in [-0.39, 0.29) is 29.6 Å². The second-order valence-corrected chi connectivity index (χ2v) is 7.32. The van der Waals surface area contributed by atoms with Crippen molar-refractivity contribution in [3.05, 3.63) is 88.3 Å². The number of alkyl halides is 3. The molecule has 4 aromatic rings. The number of aliphatic hydroxyl groups excluding tert-OH is 2. The Bertz CT molecular complexity index is 1330. The van der Waals surface area contributed by atoms with Gasteiger partial charge in [-0.05, 0) is 41.5 Å². The van der Waals surface area contributed by atoms with Crippen molar-refractivity contribution in [3.63, 3.8) is 0 Å². The summed E-state index contributed by atoms with van der Waals surface area (Å²) in [5.74, 6) is -0.108. The van der Waals surface area contributed by atoms with Gasteiger partial charge in [0.15, 0.2) is 0 Å². The molecule has 0 spiro atoms. The molecule has 2 heterocycles. The van der Waals surface area contributed by atoms with Crippen LogP contribution in [0, 0.1) is 0 Å². The minimum atomic E-state index is -4.79. The number of pyridine rings is 1. The minimum Gasteiger partial charge on any atom is -0.406 e. The minimum absolute atomic E-state index is 0.115. The first-order valence-electron chi connectivity index (χ1n) is 10.0. The molecule has 4 rings (SSSR count). The van der Waals surface area contributed by atoms with Crippen molar-refractivity contribution in [2.75, 3.05) is 6.61 Å². The molecule has 0 aliphatic carbocycles. The first-order valence-corrected chi connectivity index (χ1v) is 10.0. The van der Waals surface area contributed by atoms with Crippen molar-refractivity contribution in [2.45, 2.75) is 19.0 Å². The van der Waals surface area contributed by atoms with Crippen LogP contribution < -0.4 is 10.3 Å². The van der Waals surface area contributed by atoms with Gasteiger partial charge in [-0.1, -0.05) is 29.4 Å². The van der Waals surface area contributed by atoms with Crippen molar-refractivity contribution in [2.24, 2.45) is 0 Å². The Morgan fingerprint density at radius 2 is 1.79 bits per heavy atom. The van der Waals surface area contributed by atoms with Crippen molar-refractivity contribution in [1.82, 2.24) is 14.7 Å². The smallest absolute Gasteiger partial charge is 0.406 e. The van der Waals surface area contributed by atoms with Crippen LogP contribution in [0.4, 0.5) is 13.2 Å². The number of hydrogen-bond acceptors (Lipinski definition) is 7. The summed E-state index contributed by atoms with van der Waals surface area (Å²) in [7, 11) is 0. The van der Waals surface area contributed by atoms with Crippen LogP contribution in [0.1, 0.15) is 17.2 Å². The molecular weight excluding hydrogens is 455 g/mol. The number of halogens is 3. The first kappa shape index (κ1) is 23.2. The average molecular weight is 473 g/mol. The van der Waals surface area contributed by atoms with Crippen LogP contribution in [0.2, 0.25) is 0 Å². The predicted octanol–water partition coefficient (Wildman–Crippen LogP) is 3.54. The second-order valence-electron chi connectivity index (χ2n) is 7.32. The van der Waals surface area contributed by atoms with Crippen LogP contribution in [0.5, 0.6) is 5.75 Å². The third kappa shape index (κ3) is 5.50. The quantitative estimate of drug-likeness (QED) is 0.422. The highest BCUT2D eigenvalue weighted by molar-refractivity contribution is 5.60. The molecular formula is C23H18F3N3O5. The van der Waals surface area contributed by atoms with Crippen LogP contribution in [0.15, 0.2) is 76.2 Å². The van der Waals surface area contributed by atoms with Crippen LogP contribution in [0.3, 0.4) is 0 Å². The molecule has 1 atom stereocenters. The molecule has 0 bridgehead atoms. The van der Waals surface area contributed by atoms with Crippen LogP contribution >= 0.6 is 0 Å². The van der Waals surface area contributed by atoms with Gasteiger partial charge >= 0.3 is 6.36 Å². The number of aliphatic hydroxyl groups is 2. The highest BCUT2D eigenvalue weighted by Gasteiger charge is 2.31. The molecule has 0 saturated carbocycles. The van der Waals surface area contributed by atoms with E-state index in [1.807, 2.05) is 0 Å². The summed E-state index contributed by atoms with van der Waals surface area (Å²) in [5, 5.41) is 22.8. The third-order valence-corrected chi connectivity index (χ3v) is 4.86. The van der Waals surface area contributed by atoms with Gasteiger partial charge in [0, 0.05) is 17.8 Å². The highest BCUT2D eigenvalue weighted by atomic mass is 19.4. The van der Waals surface area contributed by atoms with E-state index in [1.54, 1.807) is 24.3 Å². The van der Waals surface area contributed by atoms with Gasteiger partial charge < -0.3 is 24.0 Å². The van der Waals surface area contributed by atoms with Crippen molar-refractivity contribution < 1.29 is 32.6 Å². The molecule has 34 heavy (non-hydrogen) atoms. The van der Waals surface area contributed by atoms with Crippen molar-refractivity contribution in [3.8, 4) is 28.6 Å². The molecule has 176 valence electrons.